The van der Waals surface area contributed by atoms with Gasteiger partial charge in [0.15, 0.2) is 15.4 Å². The summed E-state index contributed by atoms with van der Waals surface area (Å²) in [6, 6.07) is 14.5. The third-order valence-corrected chi connectivity index (χ3v) is 6.06. The first-order chi connectivity index (χ1) is 13.4. The molecule has 0 aliphatic carbocycles. The van der Waals surface area contributed by atoms with Crippen LogP contribution in [0.5, 0.6) is 0 Å². The number of rotatable bonds is 4. The number of hydrogen-bond acceptors (Lipinski definition) is 6. The lowest BCUT2D eigenvalue weighted by Crippen LogP contribution is -2.38. The summed E-state index contributed by atoms with van der Waals surface area (Å²) in [4.78, 5) is 19.3. The van der Waals surface area contributed by atoms with Crippen molar-refractivity contribution in [2.45, 2.75) is 17.7 Å². The molecule has 1 saturated heterocycles. The highest BCUT2D eigenvalue weighted by molar-refractivity contribution is 7.90. The van der Waals surface area contributed by atoms with Crippen LogP contribution < -0.4 is 10.2 Å². The van der Waals surface area contributed by atoms with Crippen molar-refractivity contribution < 1.29 is 17.6 Å². The van der Waals surface area contributed by atoms with Gasteiger partial charge in [-0.2, -0.15) is 4.98 Å². The van der Waals surface area contributed by atoms with E-state index in [1.54, 1.807) is 12.1 Å². The van der Waals surface area contributed by atoms with Crippen LogP contribution in [0.25, 0.3) is 11.1 Å². The summed E-state index contributed by atoms with van der Waals surface area (Å²) in [7, 11) is -3.31. The molecule has 28 heavy (non-hydrogen) atoms. The molecule has 8 heteroatoms. The number of nitrogens with zero attached hydrogens (tertiary/aromatic N) is 2. The Kier molecular flexibility index (Phi) is 4.80. The maximum atomic E-state index is 12.6. The molecule has 3 aromatic rings. The van der Waals surface area contributed by atoms with Gasteiger partial charge in [-0.15, -0.1) is 0 Å². The van der Waals surface area contributed by atoms with Gasteiger partial charge in [0.25, 0.3) is 6.01 Å². The Balaban J connectivity index is 1.39. The molecule has 1 amide bonds. The molecule has 7 nitrogen and oxygen atoms in total. The van der Waals surface area contributed by atoms with Crippen LogP contribution in [0.2, 0.25) is 0 Å². The summed E-state index contributed by atoms with van der Waals surface area (Å²) >= 11 is 0. The minimum atomic E-state index is -3.31. The molecule has 0 bridgehead atoms. The zero-order valence-electron chi connectivity index (χ0n) is 15.5. The average Bonchev–Trinajstić information content (AvgIpc) is 3.12. The Hall–Kier alpha value is -2.87. The van der Waals surface area contributed by atoms with E-state index in [0.29, 0.717) is 37.6 Å². The number of amides is 1. The number of para-hydroxylation sites is 2. The van der Waals surface area contributed by atoms with Crippen LogP contribution in [0, 0.1) is 5.92 Å². The van der Waals surface area contributed by atoms with E-state index in [4.69, 9.17) is 4.42 Å². The minimum absolute atomic E-state index is 0.0946. The normalized spacial score (nSPS) is 15.7. The smallest absolute Gasteiger partial charge is 0.298 e. The second-order valence-electron chi connectivity index (χ2n) is 7.01. The molecule has 0 spiro atoms. The standard InChI is InChI=1S/C20H21N3O4S/c1-28(25,26)16-6-4-5-15(13-16)21-19(24)14-9-11-23(12-10-14)20-22-17-7-2-3-8-18(17)27-20/h2-8,13-14H,9-12H2,1H3,(H,21,24). The van der Waals surface area contributed by atoms with Gasteiger partial charge in [0, 0.05) is 31.0 Å². The van der Waals surface area contributed by atoms with Gasteiger partial charge in [0.2, 0.25) is 5.91 Å². The lowest BCUT2D eigenvalue weighted by molar-refractivity contribution is -0.120. The molecule has 1 aliphatic heterocycles. The second kappa shape index (κ2) is 7.27. The van der Waals surface area contributed by atoms with Crippen molar-refractivity contribution in [1.29, 1.82) is 0 Å². The highest BCUT2D eigenvalue weighted by Crippen LogP contribution is 2.27. The fraction of sp³-hybridized carbons (Fsp3) is 0.300. The van der Waals surface area contributed by atoms with Crippen molar-refractivity contribution >= 4 is 38.5 Å². The van der Waals surface area contributed by atoms with Gasteiger partial charge in [-0.1, -0.05) is 18.2 Å². The number of piperidine rings is 1. The Bertz CT molecular complexity index is 1080. The Morgan fingerprint density at radius 2 is 1.89 bits per heavy atom. The third kappa shape index (κ3) is 3.87. The molecular formula is C20H21N3O4S. The summed E-state index contributed by atoms with van der Waals surface area (Å²) in [6.07, 6.45) is 2.50. The van der Waals surface area contributed by atoms with Crippen LogP contribution in [-0.2, 0) is 14.6 Å². The molecule has 1 aliphatic rings. The Morgan fingerprint density at radius 1 is 1.14 bits per heavy atom. The summed E-state index contributed by atoms with van der Waals surface area (Å²) < 4.78 is 29.2. The average molecular weight is 399 g/mol. The van der Waals surface area contributed by atoms with Crippen LogP contribution in [0.15, 0.2) is 57.8 Å². The van der Waals surface area contributed by atoms with Crippen molar-refractivity contribution in [1.82, 2.24) is 4.98 Å². The molecule has 1 aromatic heterocycles. The predicted octanol–water partition coefficient (Wildman–Crippen LogP) is 3.09. The molecule has 1 fully saturated rings. The van der Waals surface area contributed by atoms with Crippen molar-refractivity contribution in [3.63, 3.8) is 0 Å². The van der Waals surface area contributed by atoms with E-state index in [2.05, 4.69) is 10.3 Å². The fourth-order valence-corrected chi connectivity index (χ4v) is 4.04. The molecule has 0 radical (unpaired) electrons. The first kappa shape index (κ1) is 18.5. The molecule has 4 rings (SSSR count). The first-order valence-electron chi connectivity index (χ1n) is 9.12. The predicted molar refractivity (Wildman–Crippen MR) is 107 cm³/mol. The van der Waals surface area contributed by atoms with Gasteiger partial charge in [0.1, 0.15) is 5.52 Å². The van der Waals surface area contributed by atoms with E-state index in [-0.39, 0.29) is 16.7 Å². The van der Waals surface area contributed by atoms with Gasteiger partial charge in [-0.05, 0) is 43.2 Å². The zero-order chi connectivity index (χ0) is 19.7. The number of oxazole rings is 1. The van der Waals surface area contributed by atoms with Crippen LogP contribution in [0.4, 0.5) is 11.7 Å². The number of hydrogen-bond donors (Lipinski definition) is 1. The zero-order valence-corrected chi connectivity index (χ0v) is 16.3. The number of aromatic nitrogens is 1. The van der Waals surface area contributed by atoms with Crippen molar-refractivity contribution in [2.24, 2.45) is 5.92 Å². The van der Waals surface area contributed by atoms with Crippen LogP contribution in [0.1, 0.15) is 12.8 Å². The van der Waals surface area contributed by atoms with Crippen molar-refractivity contribution in [2.75, 3.05) is 29.6 Å². The monoisotopic (exact) mass is 399 g/mol. The largest absolute Gasteiger partial charge is 0.423 e. The molecule has 0 unspecified atom stereocenters. The fourth-order valence-electron chi connectivity index (χ4n) is 3.38. The minimum Gasteiger partial charge on any atom is -0.423 e. The molecule has 2 aromatic carbocycles. The number of sulfone groups is 1. The lowest BCUT2D eigenvalue weighted by Gasteiger charge is -2.30. The number of anilines is 2. The number of nitrogens with one attached hydrogen (secondary N) is 1. The van der Waals surface area contributed by atoms with E-state index in [1.807, 2.05) is 29.2 Å². The van der Waals surface area contributed by atoms with Crippen molar-refractivity contribution in [3.05, 3.63) is 48.5 Å². The van der Waals surface area contributed by atoms with E-state index in [0.717, 1.165) is 17.4 Å². The molecule has 2 heterocycles. The van der Waals surface area contributed by atoms with E-state index in [1.165, 1.54) is 12.1 Å². The van der Waals surface area contributed by atoms with Gasteiger partial charge in [0.05, 0.1) is 4.90 Å². The number of carbonyl (C=O) groups excluding carboxylic acids is 1. The van der Waals surface area contributed by atoms with Crippen LogP contribution >= 0.6 is 0 Å². The quantitative estimate of drug-likeness (QED) is 0.725. The van der Waals surface area contributed by atoms with Crippen LogP contribution in [0.3, 0.4) is 0 Å². The van der Waals surface area contributed by atoms with E-state index >= 15 is 0 Å². The number of carbonyl (C=O) groups is 1. The van der Waals surface area contributed by atoms with Crippen LogP contribution in [-0.4, -0.2) is 38.7 Å². The van der Waals surface area contributed by atoms with Gasteiger partial charge < -0.3 is 14.6 Å². The van der Waals surface area contributed by atoms with Gasteiger partial charge in [-0.25, -0.2) is 8.42 Å². The highest BCUT2D eigenvalue weighted by Gasteiger charge is 2.27. The maximum Gasteiger partial charge on any atom is 0.298 e. The number of fused-ring (bicyclic) bond motifs is 1. The van der Waals surface area contributed by atoms with Crippen molar-refractivity contribution in [3.8, 4) is 0 Å². The summed E-state index contributed by atoms with van der Waals surface area (Å²) in [5, 5.41) is 2.84. The first-order valence-corrected chi connectivity index (χ1v) is 11.0. The second-order valence-corrected chi connectivity index (χ2v) is 9.03. The summed E-state index contributed by atoms with van der Waals surface area (Å²) in [5.41, 5.74) is 2.07. The highest BCUT2D eigenvalue weighted by atomic mass is 32.2. The number of benzene rings is 2. The third-order valence-electron chi connectivity index (χ3n) is 4.95. The molecular weight excluding hydrogens is 378 g/mol. The van der Waals surface area contributed by atoms with E-state index in [9.17, 15) is 13.2 Å². The molecule has 146 valence electrons. The molecule has 0 saturated carbocycles. The Labute approximate surface area is 163 Å². The maximum absolute atomic E-state index is 12.6. The van der Waals surface area contributed by atoms with Gasteiger partial charge in [-0.3, -0.25) is 4.79 Å². The molecule has 1 N–H and O–H groups in total. The topological polar surface area (TPSA) is 92.5 Å². The SMILES string of the molecule is CS(=O)(=O)c1cccc(NC(=O)C2CCN(c3nc4ccccc4o3)CC2)c1. The molecule has 0 atom stereocenters. The lowest BCUT2D eigenvalue weighted by atomic mass is 9.96. The summed E-state index contributed by atoms with van der Waals surface area (Å²) in [6.45, 7) is 1.35. The van der Waals surface area contributed by atoms with Gasteiger partial charge >= 0.3 is 0 Å². The van der Waals surface area contributed by atoms with E-state index < -0.39 is 9.84 Å². The Morgan fingerprint density at radius 3 is 2.61 bits per heavy atom. The summed E-state index contributed by atoms with van der Waals surface area (Å²) in [5.74, 6) is -0.231.